The van der Waals surface area contributed by atoms with Crippen LogP contribution >= 0.6 is 23.2 Å². The molecule has 2 aromatic heterocycles. The van der Waals surface area contributed by atoms with Gasteiger partial charge >= 0.3 is 0 Å². The number of aromatic nitrogens is 3. The molecule has 0 saturated heterocycles. The molecule has 0 aliphatic rings. The zero-order chi connectivity index (χ0) is 18.7. The van der Waals surface area contributed by atoms with Crippen molar-refractivity contribution >= 4 is 34.6 Å². The standard InChI is InChI=1S/C16H11Cl2N5O3/c17-14-6-1-10(8-20-14)7-19-13-9-21-22(16(24)15(13)18)11-2-4-12(5-3-11)23(25)26/h1-6,8-9,19H,7H2. The number of nitrogens with one attached hydrogen (secondary N) is 1. The molecule has 26 heavy (non-hydrogen) atoms. The summed E-state index contributed by atoms with van der Waals surface area (Å²) in [7, 11) is 0. The zero-order valence-electron chi connectivity index (χ0n) is 13.1. The number of anilines is 1. The second-order valence-corrected chi connectivity index (χ2v) is 5.97. The van der Waals surface area contributed by atoms with Gasteiger partial charge in [0.15, 0.2) is 0 Å². The Morgan fingerprint density at radius 2 is 1.85 bits per heavy atom. The number of non-ortho nitro benzene ring substituents is 1. The number of hydrogen-bond acceptors (Lipinski definition) is 6. The molecule has 132 valence electrons. The largest absolute Gasteiger partial charge is 0.378 e. The molecular formula is C16H11Cl2N5O3. The molecular weight excluding hydrogens is 381 g/mol. The summed E-state index contributed by atoms with van der Waals surface area (Å²) in [6.07, 6.45) is 3.02. The van der Waals surface area contributed by atoms with Crippen LogP contribution in [0.3, 0.4) is 0 Å². The summed E-state index contributed by atoms with van der Waals surface area (Å²) in [4.78, 5) is 26.6. The molecule has 2 heterocycles. The Balaban J connectivity index is 1.82. The van der Waals surface area contributed by atoms with Crippen LogP contribution in [0.5, 0.6) is 0 Å². The Hall–Kier alpha value is -2.97. The Bertz CT molecular complexity index is 1000. The van der Waals surface area contributed by atoms with Crippen molar-refractivity contribution < 1.29 is 4.92 Å². The van der Waals surface area contributed by atoms with Gasteiger partial charge in [-0.2, -0.15) is 9.78 Å². The first kappa shape index (κ1) is 17.8. The maximum Gasteiger partial charge on any atom is 0.292 e. The highest BCUT2D eigenvalue weighted by molar-refractivity contribution is 6.33. The van der Waals surface area contributed by atoms with Gasteiger partial charge in [0, 0.05) is 24.9 Å². The van der Waals surface area contributed by atoms with Gasteiger partial charge in [-0.3, -0.25) is 14.9 Å². The third-order valence-electron chi connectivity index (χ3n) is 3.50. The predicted octanol–water partition coefficient (Wildman–Crippen LogP) is 3.45. The van der Waals surface area contributed by atoms with Gasteiger partial charge in [0.2, 0.25) is 0 Å². The molecule has 0 fully saturated rings. The van der Waals surface area contributed by atoms with Crippen LogP contribution in [0, 0.1) is 10.1 Å². The molecule has 8 nitrogen and oxygen atoms in total. The van der Waals surface area contributed by atoms with Crippen LogP contribution < -0.4 is 10.9 Å². The van der Waals surface area contributed by atoms with Crippen molar-refractivity contribution in [3.8, 4) is 5.69 Å². The highest BCUT2D eigenvalue weighted by Crippen LogP contribution is 2.19. The normalized spacial score (nSPS) is 10.5. The summed E-state index contributed by atoms with van der Waals surface area (Å²) in [5, 5.41) is 18.1. The number of nitro benzene ring substituents is 1. The molecule has 10 heteroatoms. The van der Waals surface area contributed by atoms with E-state index in [1.54, 1.807) is 18.3 Å². The second kappa shape index (κ2) is 7.51. The van der Waals surface area contributed by atoms with E-state index in [4.69, 9.17) is 23.2 Å². The minimum Gasteiger partial charge on any atom is -0.378 e. The van der Waals surface area contributed by atoms with Crippen LogP contribution in [0.15, 0.2) is 53.6 Å². The average Bonchev–Trinajstić information content (AvgIpc) is 2.64. The van der Waals surface area contributed by atoms with Gasteiger partial charge < -0.3 is 5.32 Å². The number of benzene rings is 1. The van der Waals surface area contributed by atoms with E-state index in [1.807, 2.05) is 0 Å². The van der Waals surface area contributed by atoms with Crippen LogP contribution in [-0.4, -0.2) is 19.7 Å². The summed E-state index contributed by atoms with van der Waals surface area (Å²) >= 11 is 11.9. The van der Waals surface area contributed by atoms with E-state index in [-0.39, 0.29) is 10.7 Å². The van der Waals surface area contributed by atoms with Crippen molar-refractivity contribution in [3.63, 3.8) is 0 Å². The fraction of sp³-hybridized carbons (Fsp3) is 0.0625. The second-order valence-electron chi connectivity index (χ2n) is 5.21. The Labute approximate surface area is 157 Å². The van der Waals surface area contributed by atoms with Gasteiger partial charge in [0.1, 0.15) is 10.2 Å². The minimum absolute atomic E-state index is 0.0414. The van der Waals surface area contributed by atoms with Crippen molar-refractivity contribution in [1.82, 2.24) is 14.8 Å². The van der Waals surface area contributed by atoms with Crippen molar-refractivity contribution in [2.24, 2.45) is 0 Å². The SMILES string of the molecule is O=c1c(Cl)c(NCc2ccc(Cl)nc2)cnn1-c1ccc([N+](=O)[O-])cc1. The quantitative estimate of drug-likeness (QED) is 0.405. The molecule has 0 saturated carbocycles. The number of rotatable bonds is 5. The summed E-state index contributed by atoms with van der Waals surface area (Å²) < 4.78 is 1.07. The van der Waals surface area contributed by atoms with Crippen LogP contribution in [0.1, 0.15) is 5.56 Å². The molecule has 0 bridgehead atoms. The zero-order valence-corrected chi connectivity index (χ0v) is 14.6. The molecule has 3 aromatic rings. The lowest BCUT2D eigenvalue weighted by Gasteiger charge is -2.10. The maximum atomic E-state index is 12.4. The Morgan fingerprint density at radius 3 is 2.46 bits per heavy atom. The van der Waals surface area contributed by atoms with E-state index < -0.39 is 10.5 Å². The Kier molecular flexibility index (Phi) is 5.15. The third-order valence-corrected chi connectivity index (χ3v) is 4.08. The molecule has 0 aliphatic heterocycles. The lowest BCUT2D eigenvalue weighted by molar-refractivity contribution is -0.384. The molecule has 1 aromatic carbocycles. The number of nitro groups is 1. The van der Waals surface area contributed by atoms with Crippen molar-refractivity contribution in [3.05, 3.63) is 85.0 Å². The first-order valence-corrected chi connectivity index (χ1v) is 8.08. The van der Waals surface area contributed by atoms with Gasteiger partial charge in [-0.05, 0) is 23.8 Å². The molecule has 0 atom stereocenters. The number of hydrogen-bond donors (Lipinski definition) is 1. The lowest BCUT2D eigenvalue weighted by Crippen LogP contribution is -2.22. The van der Waals surface area contributed by atoms with Gasteiger partial charge in [-0.25, -0.2) is 4.98 Å². The first-order chi connectivity index (χ1) is 12.5. The van der Waals surface area contributed by atoms with Crippen LogP contribution in [-0.2, 0) is 6.54 Å². The van der Waals surface area contributed by atoms with Crippen molar-refractivity contribution in [2.45, 2.75) is 6.54 Å². The highest BCUT2D eigenvalue weighted by Gasteiger charge is 2.12. The van der Waals surface area contributed by atoms with E-state index >= 15 is 0 Å². The molecule has 0 radical (unpaired) electrons. The fourth-order valence-corrected chi connectivity index (χ4v) is 2.47. The number of halogens is 2. The van der Waals surface area contributed by atoms with Crippen LogP contribution in [0.2, 0.25) is 10.2 Å². The van der Waals surface area contributed by atoms with Crippen molar-refractivity contribution in [1.29, 1.82) is 0 Å². The smallest absolute Gasteiger partial charge is 0.292 e. The van der Waals surface area contributed by atoms with E-state index in [0.29, 0.717) is 23.1 Å². The molecule has 0 unspecified atom stereocenters. The van der Waals surface area contributed by atoms with Gasteiger partial charge in [0.25, 0.3) is 11.2 Å². The number of nitrogens with zero attached hydrogens (tertiary/aromatic N) is 4. The van der Waals surface area contributed by atoms with Crippen molar-refractivity contribution in [2.75, 3.05) is 5.32 Å². The monoisotopic (exact) mass is 391 g/mol. The molecule has 0 aliphatic carbocycles. The van der Waals surface area contributed by atoms with E-state index in [1.165, 1.54) is 30.5 Å². The fourth-order valence-electron chi connectivity index (χ4n) is 2.16. The van der Waals surface area contributed by atoms with E-state index in [2.05, 4.69) is 15.4 Å². The first-order valence-electron chi connectivity index (χ1n) is 7.32. The van der Waals surface area contributed by atoms with E-state index in [0.717, 1.165) is 10.2 Å². The van der Waals surface area contributed by atoms with Crippen LogP contribution in [0.25, 0.3) is 5.69 Å². The summed E-state index contributed by atoms with van der Waals surface area (Å²) in [5.74, 6) is 0. The van der Waals surface area contributed by atoms with Gasteiger partial charge in [-0.15, -0.1) is 0 Å². The molecule has 1 N–H and O–H groups in total. The van der Waals surface area contributed by atoms with Gasteiger partial charge in [-0.1, -0.05) is 29.3 Å². The third kappa shape index (κ3) is 3.81. The molecule has 0 spiro atoms. The lowest BCUT2D eigenvalue weighted by atomic mass is 10.3. The topological polar surface area (TPSA) is 103 Å². The van der Waals surface area contributed by atoms with Crippen LogP contribution in [0.4, 0.5) is 11.4 Å². The number of pyridine rings is 1. The average molecular weight is 392 g/mol. The minimum atomic E-state index is -0.542. The Morgan fingerprint density at radius 1 is 1.12 bits per heavy atom. The predicted molar refractivity (Wildman–Crippen MR) is 98.1 cm³/mol. The van der Waals surface area contributed by atoms with Gasteiger partial charge in [0.05, 0.1) is 22.5 Å². The highest BCUT2D eigenvalue weighted by atomic mass is 35.5. The summed E-state index contributed by atoms with van der Waals surface area (Å²) in [6.45, 7) is 0.382. The van der Waals surface area contributed by atoms with E-state index in [9.17, 15) is 14.9 Å². The summed E-state index contributed by atoms with van der Waals surface area (Å²) in [5.41, 5.74) is 0.966. The summed E-state index contributed by atoms with van der Waals surface area (Å²) in [6, 6.07) is 8.88. The maximum absolute atomic E-state index is 12.4. The molecule has 0 amide bonds. The molecule has 3 rings (SSSR count).